The Morgan fingerprint density at radius 2 is 2.10 bits per heavy atom. The normalized spacial score (nSPS) is 19.0. The van der Waals surface area contributed by atoms with Crippen molar-refractivity contribution in [3.63, 3.8) is 0 Å². The minimum atomic E-state index is -3.16. The van der Waals surface area contributed by atoms with Gasteiger partial charge in [-0.05, 0) is 38.1 Å². The molecule has 1 fully saturated rings. The Morgan fingerprint density at radius 3 is 2.70 bits per heavy atom. The molecule has 0 saturated carbocycles. The Kier molecular flexibility index (Phi) is 6.57. The van der Waals surface area contributed by atoms with Gasteiger partial charge in [-0.2, -0.15) is 0 Å². The van der Waals surface area contributed by atoms with Crippen molar-refractivity contribution in [2.75, 3.05) is 25.1 Å². The number of rotatable bonds is 8. The molecule has 2 aromatic rings. The summed E-state index contributed by atoms with van der Waals surface area (Å²) in [5.41, 5.74) is 0.718. The molecule has 9 nitrogen and oxygen atoms in total. The molecule has 0 bridgehead atoms. The minimum absolute atomic E-state index is 0.00492. The van der Waals surface area contributed by atoms with Crippen LogP contribution in [0, 0.1) is 10.1 Å². The van der Waals surface area contributed by atoms with Gasteiger partial charge in [0.1, 0.15) is 5.76 Å². The van der Waals surface area contributed by atoms with Crippen LogP contribution < -0.4 is 0 Å². The third kappa shape index (κ3) is 5.25. The van der Waals surface area contributed by atoms with Crippen molar-refractivity contribution < 1.29 is 22.6 Å². The molecule has 30 heavy (non-hydrogen) atoms. The van der Waals surface area contributed by atoms with E-state index in [-0.39, 0.29) is 42.2 Å². The molecule has 0 unspecified atom stereocenters. The topological polar surface area (TPSA) is 114 Å². The smallest absolute Gasteiger partial charge is 0.269 e. The fourth-order valence-electron chi connectivity index (χ4n) is 3.61. The third-order valence-electron chi connectivity index (χ3n) is 5.49. The van der Waals surface area contributed by atoms with Gasteiger partial charge in [0, 0.05) is 24.2 Å². The maximum Gasteiger partial charge on any atom is 0.269 e. The molecule has 2 atom stereocenters. The molecule has 1 aliphatic rings. The third-order valence-corrected chi connectivity index (χ3v) is 7.24. The number of carbonyl (C=O) groups excluding carboxylic acids is 1. The van der Waals surface area contributed by atoms with E-state index in [1.54, 1.807) is 41.1 Å². The number of hydrogen-bond donors (Lipinski definition) is 0. The molecular formula is C20H25N3O6S. The summed E-state index contributed by atoms with van der Waals surface area (Å²) >= 11 is 0. The van der Waals surface area contributed by atoms with Crippen LogP contribution in [0.25, 0.3) is 0 Å². The average molecular weight is 436 g/mol. The Hall–Kier alpha value is -2.72. The van der Waals surface area contributed by atoms with E-state index in [1.165, 1.54) is 18.4 Å². The number of nitro benzene ring substituents is 1. The van der Waals surface area contributed by atoms with E-state index in [9.17, 15) is 23.3 Å². The Balaban J connectivity index is 1.74. The molecule has 2 heterocycles. The monoisotopic (exact) mass is 435 g/mol. The average Bonchev–Trinajstić information content (AvgIpc) is 3.34. The predicted octanol–water partition coefficient (Wildman–Crippen LogP) is 2.40. The summed E-state index contributed by atoms with van der Waals surface area (Å²) in [6, 6.07) is 9.15. The zero-order valence-corrected chi connectivity index (χ0v) is 17.7. The van der Waals surface area contributed by atoms with Crippen LogP contribution >= 0.6 is 0 Å². The van der Waals surface area contributed by atoms with E-state index in [2.05, 4.69) is 0 Å². The molecule has 1 aliphatic heterocycles. The van der Waals surface area contributed by atoms with Gasteiger partial charge in [-0.3, -0.25) is 19.8 Å². The summed E-state index contributed by atoms with van der Waals surface area (Å²) in [4.78, 5) is 27.1. The highest BCUT2D eigenvalue weighted by Gasteiger charge is 2.35. The molecule has 0 N–H and O–H groups in total. The maximum absolute atomic E-state index is 13.1. The lowest BCUT2D eigenvalue weighted by atomic mass is 10.1. The van der Waals surface area contributed by atoms with Crippen molar-refractivity contribution in [3.8, 4) is 0 Å². The molecule has 10 heteroatoms. The molecule has 1 saturated heterocycles. The standard InChI is InChI=1S/C20H25N3O6S/c1-15(16-5-3-6-17(11-16)23(25)26)21(2)13-20(24)22(12-19-7-4-9-29-19)18-8-10-30(27,28)14-18/h3-7,9,11,15,18H,8,10,12-14H2,1-2H3/t15-,18-/m0/s1. The number of benzene rings is 1. The van der Waals surface area contributed by atoms with Crippen LogP contribution in [-0.2, 0) is 21.2 Å². The summed E-state index contributed by atoms with van der Waals surface area (Å²) in [6.07, 6.45) is 1.92. The Bertz CT molecular complexity index is 1010. The highest BCUT2D eigenvalue weighted by Crippen LogP contribution is 2.25. The number of sulfone groups is 1. The van der Waals surface area contributed by atoms with Crippen molar-refractivity contribution in [1.29, 1.82) is 0 Å². The number of furan rings is 1. The zero-order valence-electron chi connectivity index (χ0n) is 16.9. The first-order valence-corrected chi connectivity index (χ1v) is 11.5. The van der Waals surface area contributed by atoms with Gasteiger partial charge in [0.25, 0.3) is 5.69 Å². The molecule has 0 radical (unpaired) electrons. The summed E-state index contributed by atoms with van der Waals surface area (Å²) in [7, 11) is -1.39. The van der Waals surface area contributed by atoms with Crippen LogP contribution in [0.4, 0.5) is 5.69 Å². The lowest BCUT2D eigenvalue weighted by molar-refractivity contribution is -0.384. The van der Waals surface area contributed by atoms with E-state index in [0.717, 1.165) is 5.56 Å². The molecule has 0 aliphatic carbocycles. The van der Waals surface area contributed by atoms with Gasteiger partial charge in [-0.15, -0.1) is 0 Å². The molecule has 1 aromatic heterocycles. The predicted molar refractivity (Wildman–Crippen MR) is 110 cm³/mol. The second-order valence-corrected chi connectivity index (χ2v) is 9.83. The summed E-state index contributed by atoms with van der Waals surface area (Å²) in [5, 5.41) is 11.0. The number of amides is 1. The van der Waals surface area contributed by atoms with Crippen LogP contribution in [0.2, 0.25) is 0 Å². The summed E-state index contributed by atoms with van der Waals surface area (Å²) < 4.78 is 29.3. The van der Waals surface area contributed by atoms with E-state index >= 15 is 0 Å². The largest absolute Gasteiger partial charge is 0.467 e. The first-order valence-electron chi connectivity index (χ1n) is 9.63. The van der Waals surface area contributed by atoms with E-state index in [1.807, 2.05) is 6.92 Å². The van der Waals surface area contributed by atoms with E-state index in [4.69, 9.17) is 4.42 Å². The van der Waals surface area contributed by atoms with Gasteiger partial charge in [0.05, 0.1) is 35.8 Å². The van der Waals surface area contributed by atoms with Gasteiger partial charge in [-0.1, -0.05) is 12.1 Å². The number of hydrogen-bond acceptors (Lipinski definition) is 7. The molecule has 3 rings (SSSR count). The van der Waals surface area contributed by atoms with Crippen LogP contribution in [0.3, 0.4) is 0 Å². The maximum atomic E-state index is 13.1. The Morgan fingerprint density at radius 1 is 1.33 bits per heavy atom. The second kappa shape index (κ2) is 8.97. The first kappa shape index (κ1) is 22.0. The molecule has 162 valence electrons. The Labute approximate surface area is 175 Å². The first-order chi connectivity index (χ1) is 14.2. The van der Waals surface area contributed by atoms with Crippen molar-refractivity contribution in [2.45, 2.75) is 32.0 Å². The van der Waals surface area contributed by atoms with Crippen LogP contribution in [0.1, 0.15) is 30.7 Å². The quantitative estimate of drug-likeness (QED) is 0.462. The number of carbonyl (C=O) groups is 1. The number of nitrogens with zero attached hydrogens (tertiary/aromatic N) is 3. The van der Waals surface area contributed by atoms with Crippen molar-refractivity contribution in [2.24, 2.45) is 0 Å². The van der Waals surface area contributed by atoms with E-state index in [0.29, 0.717) is 12.2 Å². The molecule has 0 spiro atoms. The van der Waals surface area contributed by atoms with Crippen molar-refractivity contribution >= 4 is 21.4 Å². The lowest BCUT2D eigenvalue weighted by Crippen LogP contribution is -2.45. The highest BCUT2D eigenvalue weighted by atomic mass is 32.2. The highest BCUT2D eigenvalue weighted by molar-refractivity contribution is 7.91. The van der Waals surface area contributed by atoms with Gasteiger partial charge in [0.15, 0.2) is 9.84 Å². The second-order valence-electron chi connectivity index (χ2n) is 7.60. The van der Waals surface area contributed by atoms with Gasteiger partial charge >= 0.3 is 0 Å². The fraction of sp³-hybridized carbons (Fsp3) is 0.450. The fourth-order valence-corrected chi connectivity index (χ4v) is 5.34. The lowest BCUT2D eigenvalue weighted by Gasteiger charge is -2.31. The minimum Gasteiger partial charge on any atom is -0.467 e. The number of nitro groups is 1. The van der Waals surface area contributed by atoms with Crippen molar-refractivity contribution in [3.05, 3.63) is 64.1 Å². The van der Waals surface area contributed by atoms with Gasteiger partial charge in [0.2, 0.25) is 5.91 Å². The molecular weight excluding hydrogens is 410 g/mol. The van der Waals surface area contributed by atoms with Crippen molar-refractivity contribution in [1.82, 2.24) is 9.80 Å². The molecule has 1 aromatic carbocycles. The number of likely N-dealkylation sites (N-methyl/N-ethyl adjacent to an activating group) is 1. The van der Waals surface area contributed by atoms with Gasteiger partial charge in [-0.25, -0.2) is 8.42 Å². The van der Waals surface area contributed by atoms with E-state index < -0.39 is 20.8 Å². The van der Waals surface area contributed by atoms with Crippen LogP contribution in [0.5, 0.6) is 0 Å². The zero-order chi connectivity index (χ0) is 21.9. The van der Waals surface area contributed by atoms with Gasteiger partial charge < -0.3 is 9.32 Å². The van der Waals surface area contributed by atoms with Crippen LogP contribution in [-0.4, -0.2) is 60.2 Å². The summed E-state index contributed by atoms with van der Waals surface area (Å²) in [6.45, 7) is 2.11. The number of non-ortho nitro benzene ring substituents is 1. The van der Waals surface area contributed by atoms with Crippen LogP contribution in [0.15, 0.2) is 47.1 Å². The summed E-state index contributed by atoms with van der Waals surface area (Å²) in [5.74, 6) is 0.388. The molecule has 1 amide bonds. The SMILES string of the molecule is C[C@@H](c1cccc([N+](=O)[O-])c1)N(C)CC(=O)N(Cc1ccco1)[C@H]1CCS(=O)(=O)C1.